The highest BCUT2D eigenvalue weighted by molar-refractivity contribution is 6.19. The van der Waals surface area contributed by atoms with Gasteiger partial charge >= 0.3 is 11.9 Å². The predicted octanol–water partition coefficient (Wildman–Crippen LogP) is 6.04. The Hall–Kier alpha value is -5.25. The van der Waals surface area contributed by atoms with Gasteiger partial charge in [-0.1, -0.05) is 65.2 Å². The minimum atomic E-state index is -1.14. The van der Waals surface area contributed by atoms with Gasteiger partial charge in [-0.05, 0) is 105 Å². The Balaban J connectivity index is 1.43. The van der Waals surface area contributed by atoms with Crippen LogP contribution in [0.25, 0.3) is 36.1 Å². The first-order chi connectivity index (χ1) is 27.4. The lowest BCUT2D eigenvalue weighted by molar-refractivity contribution is -0.143. The van der Waals surface area contributed by atoms with Gasteiger partial charge < -0.3 is 34.8 Å². The van der Waals surface area contributed by atoms with Crippen molar-refractivity contribution < 1.29 is 29.0 Å². The SMILES string of the molecule is C=Cc1c2[nH]c(c1C)/C=C1\NC(C3=c4[nH]/c(c(C)c4C(=O)[C@@H]3C(=O)OC)=C\c3[nH]c(/c(=C\O)c3CC)=C\2)[C@@H](CCC(=O)OC/C=C(\C)CCC[C@H](C)CCC)[C@@H]1C. The standard InChI is InChI=1S/C47H60N4O6/c1-10-14-25(4)15-13-16-26(5)19-20-57-40(53)18-17-32-28(7)35-21-34-27(6)30(11-2)37(48-34)23-39-33(24-52)31(12-3)38(49-39)22-36-29(8)41-45(51-36)42(44(32)50-35)43(46(41)54)47(55)56-9/h11,19,21-25,28,32,43-44,48-52H,2,10,12-18,20H2,1,3-9H3/b26-19+,33-24-,35-21-,36-22-,39-23-/t25-,28+,32+,43-,44?/m1/s1. The van der Waals surface area contributed by atoms with Crippen LogP contribution in [0.3, 0.4) is 0 Å². The number of fused-ring (bicyclic) bond motifs is 8. The third-order valence-corrected chi connectivity index (χ3v) is 12.6. The number of aromatic amines is 3. The van der Waals surface area contributed by atoms with Crippen molar-refractivity contribution in [1.82, 2.24) is 20.3 Å². The fourth-order valence-corrected chi connectivity index (χ4v) is 9.32. The van der Waals surface area contributed by atoms with Gasteiger partial charge in [0.15, 0.2) is 5.78 Å². The van der Waals surface area contributed by atoms with Crippen LogP contribution in [0, 0.1) is 37.5 Å². The number of hydrogen-bond acceptors (Lipinski definition) is 7. The van der Waals surface area contributed by atoms with Crippen LogP contribution >= 0.6 is 0 Å². The first kappa shape index (κ1) is 41.4. The van der Waals surface area contributed by atoms with E-state index in [9.17, 15) is 19.5 Å². The summed E-state index contributed by atoms with van der Waals surface area (Å²) in [6.45, 7) is 19.1. The molecule has 6 rings (SSSR count). The van der Waals surface area contributed by atoms with Gasteiger partial charge in [0.05, 0.1) is 30.1 Å². The Morgan fingerprint density at radius 2 is 1.75 bits per heavy atom. The molecule has 0 amide bonds. The van der Waals surface area contributed by atoms with Gasteiger partial charge in [0.2, 0.25) is 0 Å². The van der Waals surface area contributed by atoms with Crippen LogP contribution in [0.1, 0.15) is 129 Å². The van der Waals surface area contributed by atoms with Crippen molar-refractivity contribution in [1.29, 1.82) is 0 Å². The zero-order chi connectivity index (χ0) is 41.1. The van der Waals surface area contributed by atoms with Gasteiger partial charge in [0, 0.05) is 56.8 Å². The van der Waals surface area contributed by atoms with Crippen molar-refractivity contribution in [3.05, 3.63) is 90.1 Å². The average molecular weight is 777 g/mol. The molecule has 3 aromatic heterocycles. The molecule has 1 fully saturated rings. The molecule has 0 spiro atoms. The van der Waals surface area contributed by atoms with Crippen LogP contribution in [-0.4, -0.2) is 57.5 Å². The number of allylic oxidation sites excluding steroid dienone is 2. The summed E-state index contributed by atoms with van der Waals surface area (Å²) in [5.74, 6) is -1.88. The number of methoxy groups -OCH3 is 1. The molecule has 57 heavy (non-hydrogen) atoms. The van der Waals surface area contributed by atoms with Gasteiger partial charge in [-0.3, -0.25) is 14.4 Å². The smallest absolute Gasteiger partial charge is 0.320 e. The minimum Gasteiger partial charge on any atom is -0.515 e. The molecule has 0 radical (unpaired) electrons. The lowest BCUT2D eigenvalue weighted by Gasteiger charge is -2.25. The summed E-state index contributed by atoms with van der Waals surface area (Å²) >= 11 is 0. The largest absolute Gasteiger partial charge is 0.515 e. The summed E-state index contributed by atoms with van der Waals surface area (Å²) in [7, 11) is 1.31. The molecule has 5 atom stereocenters. The van der Waals surface area contributed by atoms with Crippen LogP contribution in [-0.2, 0) is 25.5 Å². The van der Waals surface area contributed by atoms with E-state index in [-0.39, 0.29) is 36.6 Å². The summed E-state index contributed by atoms with van der Waals surface area (Å²) in [5, 5.41) is 16.9. The number of H-pyrrole nitrogens is 3. The molecule has 3 aliphatic rings. The number of esters is 2. The van der Waals surface area contributed by atoms with Crippen LogP contribution in [0.15, 0.2) is 23.9 Å². The molecule has 2 aliphatic heterocycles. The number of nitrogens with one attached hydrogen (secondary N) is 4. The highest BCUT2D eigenvalue weighted by Crippen LogP contribution is 2.42. The molecule has 0 aromatic carbocycles. The number of aromatic nitrogens is 3. The van der Waals surface area contributed by atoms with Gasteiger partial charge in [-0.15, -0.1) is 0 Å². The molecular formula is C47H60N4O6. The molecule has 5 heterocycles. The highest BCUT2D eigenvalue weighted by Gasteiger charge is 2.49. The fourth-order valence-electron chi connectivity index (χ4n) is 9.32. The molecule has 10 heteroatoms. The van der Waals surface area contributed by atoms with Crippen LogP contribution < -0.4 is 26.6 Å². The lowest BCUT2D eigenvalue weighted by atomic mass is 9.80. The van der Waals surface area contributed by atoms with E-state index in [0.717, 1.165) is 80.8 Å². The van der Waals surface area contributed by atoms with Gasteiger partial charge in [0.25, 0.3) is 0 Å². The number of ether oxygens (including phenoxy) is 2. The van der Waals surface area contributed by atoms with E-state index in [1.807, 2.05) is 45.1 Å². The lowest BCUT2D eigenvalue weighted by Crippen LogP contribution is -2.38. The Morgan fingerprint density at radius 3 is 2.44 bits per heavy atom. The minimum absolute atomic E-state index is 0.0849. The molecule has 5 N–H and O–H groups in total. The normalized spacial score (nSPS) is 22.9. The van der Waals surface area contributed by atoms with E-state index in [4.69, 9.17) is 9.47 Å². The predicted molar refractivity (Wildman–Crippen MR) is 227 cm³/mol. The van der Waals surface area contributed by atoms with Crippen molar-refractivity contribution in [3.63, 3.8) is 0 Å². The number of ketones is 1. The number of aliphatic hydroxyl groups excluding tert-OH is 1. The number of rotatable bonds is 14. The Bertz CT molecular complexity index is 2380. The first-order valence-corrected chi connectivity index (χ1v) is 20.6. The number of aliphatic hydroxyl groups is 1. The molecule has 1 aliphatic carbocycles. The van der Waals surface area contributed by atoms with Crippen molar-refractivity contribution in [2.75, 3.05) is 13.7 Å². The second-order valence-electron chi connectivity index (χ2n) is 16.2. The van der Waals surface area contributed by atoms with Gasteiger partial charge in [-0.25, -0.2) is 0 Å². The third-order valence-electron chi connectivity index (χ3n) is 12.6. The summed E-state index contributed by atoms with van der Waals surface area (Å²) in [5.41, 5.74) is 9.29. The Kier molecular flexibility index (Phi) is 12.7. The van der Waals surface area contributed by atoms with Crippen LogP contribution in [0.4, 0.5) is 0 Å². The zero-order valence-corrected chi connectivity index (χ0v) is 34.9. The third kappa shape index (κ3) is 8.00. The van der Waals surface area contributed by atoms with Crippen LogP contribution in [0.5, 0.6) is 0 Å². The second kappa shape index (κ2) is 17.5. The van der Waals surface area contributed by atoms with Crippen molar-refractivity contribution in [3.8, 4) is 0 Å². The van der Waals surface area contributed by atoms with E-state index in [1.165, 1.54) is 31.9 Å². The topological polar surface area (TPSA) is 149 Å². The van der Waals surface area contributed by atoms with Crippen molar-refractivity contribution in [2.24, 2.45) is 23.7 Å². The van der Waals surface area contributed by atoms with Gasteiger partial charge in [0.1, 0.15) is 12.5 Å². The highest BCUT2D eigenvalue weighted by atomic mass is 16.5. The number of hydrogen-bond donors (Lipinski definition) is 5. The summed E-state index contributed by atoms with van der Waals surface area (Å²) < 4.78 is 11.0. The fraction of sp³-hybridized carbons (Fsp3) is 0.468. The molecule has 3 aromatic rings. The van der Waals surface area contributed by atoms with Crippen molar-refractivity contribution >= 4 is 53.9 Å². The van der Waals surface area contributed by atoms with E-state index in [1.54, 1.807) is 0 Å². The maximum absolute atomic E-state index is 14.4. The van der Waals surface area contributed by atoms with E-state index < -0.39 is 17.9 Å². The second-order valence-corrected chi connectivity index (χ2v) is 16.2. The molecule has 1 unspecified atom stereocenters. The Morgan fingerprint density at radius 1 is 1.00 bits per heavy atom. The number of Topliss-reactive ketones (excluding diaryl/α,β-unsaturated/α-hetero) is 1. The summed E-state index contributed by atoms with van der Waals surface area (Å²) in [6.07, 6.45) is 18.1. The first-order valence-electron chi connectivity index (χ1n) is 20.6. The molecule has 1 saturated heterocycles. The molecule has 0 saturated carbocycles. The molecule has 8 bridgehead atoms. The number of carbonyl (C=O) groups excluding carboxylic acids is 3. The Labute approximate surface area is 335 Å². The quantitative estimate of drug-likeness (QED) is 0.0762. The summed E-state index contributed by atoms with van der Waals surface area (Å²) in [6, 6.07) is -0.469. The monoisotopic (exact) mass is 776 g/mol. The zero-order valence-electron chi connectivity index (χ0n) is 34.9. The molecule has 10 nitrogen and oxygen atoms in total. The summed E-state index contributed by atoms with van der Waals surface area (Å²) in [4.78, 5) is 51.9. The maximum Gasteiger partial charge on any atom is 0.320 e. The van der Waals surface area contributed by atoms with Crippen molar-refractivity contribution in [2.45, 2.75) is 106 Å². The maximum atomic E-state index is 14.4. The van der Waals surface area contributed by atoms with Gasteiger partial charge in [-0.2, -0.15) is 0 Å². The molecule has 304 valence electrons. The van der Waals surface area contributed by atoms with Crippen LogP contribution in [0.2, 0.25) is 0 Å². The van der Waals surface area contributed by atoms with E-state index in [0.29, 0.717) is 34.5 Å². The van der Waals surface area contributed by atoms with E-state index >= 15 is 0 Å². The average Bonchev–Trinajstić information content (AvgIpc) is 3.94. The molecular weight excluding hydrogens is 717 g/mol. The number of carbonyl (C=O) groups is 3. The van der Waals surface area contributed by atoms with E-state index in [2.05, 4.69) is 60.6 Å².